The van der Waals surface area contributed by atoms with Crippen LogP contribution in [0.15, 0.2) is 18.3 Å². The molecule has 0 amide bonds. The van der Waals surface area contributed by atoms with Gasteiger partial charge in [-0.1, -0.05) is 0 Å². The van der Waals surface area contributed by atoms with E-state index in [9.17, 15) is 5.26 Å². The van der Waals surface area contributed by atoms with Crippen molar-refractivity contribution in [2.45, 2.75) is 44.8 Å². The van der Waals surface area contributed by atoms with Crippen LogP contribution in [0.2, 0.25) is 0 Å². The van der Waals surface area contributed by atoms with Crippen LogP contribution < -0.4 is 9.80 Å². The third-order valence-electron chi connectivity index (χ3n) is 6.32. The Balaban J connectivity index is 1.29. The molecule has 0 radical (unpaired) electrons. The lowest BCUT2D eigenvalue weighted by Crippen LogP contribution is -2.47. The summed E-state index contributed by atoms with van der Waals surface area (Å²) in [7, 11) is 0. The molecule has 30 heavy (non-hydrogen) atoms. The fourth-order valence-electron chi connectivity index (χ4n) is 4.49. The Bertz CT molecular complexity index is 987. The largest absolute Gasteiger partial charge is 0.353 e. The van der Waals surface area contributed by atoms with Crippen molar-refractivity contribution in [3.8, 4) is 6.07 Å². The second-order valence-electron chi connectivity index (χ2n) is 8.46. The molecule has 2 aliphatic heterocycles. The molecule has 4 heterocycles. The predicted octanol–water partition coefficient (Wildman–Crippen LogP) is 2.79. The Hall–Kier alpha value is -2.44. The van der Waals surface area contributed by atoms with E-state index < -0.39 is 0 Å². The monoisotopic (exact) mass is 424 g/mol. The van der Waals surface area contributed by atoms with Gasteiger partial charge in [0.05, 0.1) is 12.2 Å². The van der Waals surface area contributed by atoms with Gasteiger partial charge in [0, 0.05) is 51.5 Å². The fourth-order valence-corrected chi connectivity index (χ4v) is 4.82. The number of piperazine rings is 1. The van der Waals surface area contributed by atoms with E-state index in [0.29, 0.717) is 11.6 Å². The summed E-state index contributed by atoms with van der Waals surface area (Å²) in [4.78, 5) is 11.5. The quantitative estimate of drug-likeness (QED) is 0.684. The van der Waals surface area contributed by atoms with E-state index >= 15 is 0 Å². The maximum absolute atomic E-state index is 9.36. The van der Waals surface area contributed by atoms with Gasteiger partial charge in [-0.3, -0.25) is 9.47 Å². The number of hydrogen-bond acceptors (Lipinski definition) is 7. The lowest BCUT2D eigenvalue weighted by molar-refractivity contribution is 0.193. The Morgan fingerprint density at radius 2 is 1.80 bits per heavy atom. The number of rotatable bonds is 5. The van der Waals surface area contributed by atoms with Gasteiger partial charge in [-0.15, -0.1) is 5.10 Å². The number of piperidine rings is 1. The van der Waals surface area contributed by atoms with Gasteiger partial charge in [0.1, 0.15) is 11.9 Å². The van der Waals surface area contributed by atoms with Crippen LogP contribution >= 0.6 is 12.2 Å². The molecule has 8 nitrogen and oxygen atoms in total. The Morgan fingerprint density at radius 3 is 2.50 bits per heavy atom. The maximum atomic E-state index is 9.36. The lowest BCUT2D eigenvalue weighted by atomic mass is 10.1. The molecule has 1 aliphatic carbocycles. The summed E-state index contributed by atoms with van der Waals surface area (Å²) >= 11 is 5.85. The highest BCUT2D eigenvalue weighted by molar-refractivity contribution is 7.71. The minimum Gasteiger partial charge on any atom is -0.353 e. The molecule has 0 atom stereocenters. The normalized spacial score (nSPS) is 20.4. The SMILES string of the molecule is N#Cc1cccnc1N1CCN(Cn2nc(N3CCCCC3)n(C3CC3)c2=S)CC1. The Labute approximate surface area is 182 Å². The molecule has 9 heteroatoms. The molecule has 1 saturated carbocycles. The second kappa shape index (κ2) is 8.36. The molecule has 3 aliphatic rings. The van der Waals surface area contributed by atoms with Gasteiger partial charge >= 0.3 is 0 Å². The molecule has 0 bridgehead atoms. The minimum absolute atomic E-state index is 0.536. The van der Waals surface area contributed by atoms with Crippen molar-refractivity contribution in [1.29, 1.82) is 5.26 Å². The fraction of sp³-hybridized carbons (Fsp3) is 0.619. The summed E-state index contributed by atoms with van der Waals surface area (Å²) in [5.41, 5.74) is 0.641. The van der Waals surface area contributed by atoms with Gasteiger partial charge in [-0.2, -0.15) is 5.26 Å². The lowest BCUT2D eigenvalue weighted by Gasteiger charge is -2.35. The first-order chi connectivity index (χ1) is 14.7. The summed E-state index contributed by atoms with van der Waals surface area (Å²) < 4.78 is 5.19. The zero-order valence-corrected chi connectivity index (χ0v) is 18.1. The molecular weight excluding hydrogens is 396 g/mol. The van der Waals surface area contributed by atoms with Gasteiger partial charge in [0.2, 0.25) is 10.7 Å². The van der Waals surface area contributed by atoms with Crippen LogP contribution in [0.5, 0.6) is 0 Å². The highest BCUT2D eigenvalue weighted by Crippen LogP contribution is 2.38. The molecule has 158 valence electrons. The standard InChI is InChI=1S/C21H28N8S/c22-15-17-5-4-8-23-19(17)26-13-11-25(12-14-26)16-28-21(30)29(18-6-7-18)20(24-28)27-9-2-1-3-10-27/h4-5,8,18H,1-3,6-7,9-14,16H2. The number of pyridine rings is 1. The number of nitrogens with zero attached hydrogens (tertiary/aromatic N) is 8. The average molecular weight is 425 g/mol. The van der Waals surface area contributed by atoms with Crippen LogP contribution in [0.1, 0.15) is 43.7 Å². The van der Waals surface area contributed by atoms with Crippen LogP contribution in [0.25, 0.3) is 0 Å². The number of nitriles is 1. The number of anilines is 2. The maximum Gasteiger partial charge on any atom is 0.226 e. The summed E-state index contributed by atoms with van der Waals surface area (Å²) in [5, 5.41) is 14.3. The van der Waals surface area contributed by atoms with Crippen molar-refractivity contribution in [3.63, 3.8) is 0 Å². The van der Waals surface area contributed by atoms with Crippen molar-refractivity contribution in [1.82, 2.24) is 24.2 Å². The first kappa shape index (κ1) is 19.5. The van der Waals surface area contributed by atoms with Gasteiger partial charge in [0.25, 0.3) is 0 Å². The average Bonchev–Trinajstić information content (AvgIpc) is 3.59. The van der Waals surface area contributed by atoms with E-state index in [1.807, 2.05) is 16.8 Å². The van der Waals surface area contributed by atoms with Gasteiger partial charge in [-0.25, -0.2) is 9.67 Å². The van der Waals surface area contributed by atoms with Crippen molar-refractivity contribution in [2.75, 3.05) is 49.1 Å². The van der Waals surface area contributed by atoms with Crippen LogP contribution in [0, 0.1) is 16.1 Å². The highest BCUT2D eigenvalue weighted by Gasteiger charge is 2.31. The first-order valence-electron chi connectivity index (χ1n) is 11.0. The van der Waals surface area contributed by atoms with Crippen LogP contribution in [0.3, 0.4) is 0 Å². The summed E-state index contributed by atoms with van der Waals surface area (Å²) in [5.74, 6) is 1.87. The third-order valence-corrected chi connectivity index (χ3v) is 6.72. The number of hydrogen-bond donors (Lipinski definition) is 0. The Kier molecular flexibility index (Phi) is 5.44. The molecule has 0 aromatic carbocycles. The molecule has 2 aromatic heterocycles. The van der Waals surface area contributed by atoms with Crippen LogP contribution in [-0.2, 0) is 6.67 Å². The highest BCUT2D eigenvalue weighted by atomic mass is 32.1. The molecule has 2 aromatic rings. The van der Waals surface area contributed by atoms with E-state index in [2.05, 4.69) is 30.3 Å². The van der Waals surface area contributed by atoms with Crippen LogP contribution in [-0.4, -0.2) is 63.5 Å². The predicted molar refractivity (Wildman–Crippen MR) is 118 cm³/mol. The molecule has 5 rings (SSSR count). The summed E-state index contributed by atoms with van der Waals surface area (Å²) in [6.45, 7) is 6.39. The minimum atomic E-state index is 0.536. The molecule has 0 unspecified atom stereocenters. The second-order valence-corrected chi connectivity index (χ2v) is 8.83. The molecular formula is C21H28N8S. The van der Waals surface area contributed by atoms with E-state index in [1.54, 1.807) is 6.20 Å². The summed E-state index contributed by atoms with van der Waals surface area (Å²) in [6, 6.07) is 6.44. The van der Waals surface area contributed by atoms with E-state index in [0.717, 1.165) is 62.5 Å². The molecule has 0 N–H and O–H groups in total. The van der Waals surface area contributed by atoms with Gasteiger partial charge in [0.15, 0.2) is 0 Å². The van der Waals surface area contributed by atoms with Gasteiger partial charge in [-0.05, 0) is 56.5 Å². The van der Waals surface area contributed by atoms with E-state index in [-0.39, 0.29) is 0 Å². The van der Waals surface area contributed by atoms with Gasteiger partial charge < -0.3 is 9.80 Å². The van der Waals surface area contributed by atoms with Crippen molar-refractivity contribution < 1.29 is 0 Å². The molecule has 3 fully saturated rings. The molecule has 2 saturated heterocycles. The zero-order valence-electron chi connectivity index (χ0n) is 17.3. The van der Waals surface area contributed by atoms with E-state index in [1.165, 1.54) is 32.1 Å². The topological polar surface area (TPSA) is 69.2 Å². The first-order valence-corrected chi connectivity index (χ1v) is 11.4. The third kappa shape index (κ3) is 3.82. The van der Waals surface area contributed by atoms with Crippen molar-refractivity contribution >= 4 is 24.0 Å². The van der Waals surface area contributed by atoms with E-state index in [4.69, 9.17) is 17.3 Å². The molecule has 0 spiro atoms. The van der Waals surface area contributed by atoms with Crippen molar-refractivity contribution in [2.24, 2.45) is 0 Å². The smallest absolute Gasteiger partial charge is 0.226 e. The summed E-state index contributed by atoms with van der Waals surface area (Å²) in [6.07, 6.45) is 7.98. The van der Waals surface area contributed by atoms with Crippen LogP contribution in [0.4, 0.5) is 11.8 Å². The Morgan fingerprint density at radius 1 is 1.03 bits per heavy atom. The number of aromatic nitrogens is 4. The zero-order chi connectivity index (χ0) is 20.5. The van der Waals surface area contributed by atoms with Crippen molar-refractivity contribution in [3.05, 3.63) is 28.7 Å².